The molecule has 0 spiro atoms. The molecule has 0 amide bonds. The molecule has 2 nitrogen and oxygen atoms in total. The van der Waals surface area contributed by atoms with E-state index in [1.807, 2.05) is 44.2 Å². The van der Waals surface area contributed by atoms with Gasteiger partial charge >= 0.3 is 0 Å². The van der Waals surface area contributed by atoms with Gasteiger partial charge < -0.3 is 9.84 Å². The largest absolute Gasteiger partial charge is 0.456 e. The summed E-state index contributed by atoms with van der Waals surface area (Å²) in [5.41, 5.74) is 3.91. The smallest absolute Gasteiger partial charge is 0.136 e. The van der Waals surface area contributed by atoms with Gasteiger partial charge in [-0.3, -0.25) is 0 Å². The Hall–Kier alpha value is -1.80. The lowest BCUT2D eigenvalue weighted by molar-refractivity contribution is 0.202. The van der Waals surface area contributed by atoms with Gasteiger partial charge in [0.25, 0.3) is 0 Å². The Bertz CT molecular complexity index is 587. The van der Waals surface area contributed by atoms with Crippen LogP contribution in [0.3, 0.4) is 0 Å². The quantitative estimate of drug-likeness (QED) is 0.745. The van der Waals surface area contributed by atoms with Crippen molar-refractivity contribution in [2.24, 2.45) is 0 Å². The Morgan fingerprint density at radius 1 is 1.06 bits per heavy atom. The summed E-state index contributed by atoms with van der Waals surface area (Å²) in [4.78, 5) is 0. The van der Waals surface area contributed by atoms with E-state index in [0.29, 0.717) is 0 Å². The van der Waals surface area contributed by atoms with Crippen LogP contribution in [-0.2, 0) is 0 Å². The van der Waals surface area contributed by atoms with Crippen molar-refractivity contribution in [3.8, 4) is 11.5 Å². The fourth-order valence-electron chi connectivity index (χ4n) is 2.41. The van der Waals surface area contributed by atoms with Crippen molar-refractivity contribution in [1.29, 1.82) is 0 Å². The van der Waals surface area contributed by atoms with E-state index in [1.165, 1.54) is 0 Å². The average Bonchev–Trinajstić information content (AvgIpc) is 2.31. The molecule has 0 aromatic heterocycles. The van der Waals surface area contributed by atoms with Crippen LogP contribution in [-0.4, -0.2) is 5.11 Å². The van der Waals surface area contributed by atoms with Gasteiger partial charge in [-0.25, -0.2) is 0 Å². The number of rotatable bonds is 0. The minimum atomic E-state index is -0.589. The summed E-state index contributed by atoms with van der Waals surface area (Å²) in [7, 11) is 0. The van der Waals surface area contributed by atoms with Gasteiger partial charge in [0, 0.05) is 11.1 Å². The molecule has 3 rings (SSSR count). The van der Waals surface area contributed by atoms with Crippen LogP contribution in [0.5, 0.6) is 11.5 Å². The highest BCUT2D eigenvalue weighted by Crippen LogP contribution is 2.44. The lowest BCUT2D eigenvalue weighted by Crippen LogP contribution is -2.10. The molecular weight excluding hydrogens is 212 g/mol. The number of ether oxygens (including phenoxy) is 1. The maximum Gasteiger partial charge on any atom is 0.136 e. The third-order valence-corrected chi connectivity index (χ3v) is 3.17. The summed E-state index contributed by atoms with van der Waals surface area (Å²) in [6, 6.07) is 11.7. The molecule has 17 heavy (non-hydrogen) atoms. The lowest BCUT2D eigenvalue weighted by atomic mass is 9.94. The van der Waals surface area contributed by atoms with Crippen molar-refractivity contribution in [3.63, 3.8) is 0 Å². The van der Waals surface area contributed by atoms with Gasteiger partial charge in [0.1, 0.15) is 17.6 Å². The fourth-order valence-corrected chi connectivity index (χ4v) is 2.41. The summed E-state index contributed by atoms with van der Waals surface area (Å²) < 4.78 is 5.87. The Morgan fingerprint density at radius 3 is 2.65 bits per heavy atom. The van der Waals surface area contributed by atoms with Crippen molar-refractivity contribution >= 4 is 0 Å². The highest BCUT2D eigenvalue weighted by Gasteiger charge is 2.26. The molecule has 0 saturated heterocycles. The first-order valence-corrected chi connectivity index (χ1v) is 5.73. The molecule has 1 heterocycles. The zero-order chi connectivity index (χ0) is 12.0. The average molecular weight is 226 g/mol. The minimum Gasteiger partial charge on any atom is -0.456 e. The SMILES string of the molecule is Cc1cc(C)c2c(c1)C(O)c1ccccc1O2. The van der Waals surface area contributed by atoms with Gasteiger partial charge in [0.15, 0.2) is 0 Å². The summed E-state index contributed by atoms with van der Waals surface area (Å²) >= 11 is 0. The molecule has 1 N–H and O–H groups in total. The zero-order valence-corrected chi connectivity index (χ0v) is 9.90. The van der Waals surface area contributed by atoms with Crippen molar-refractivity contribution in [3.05, 3.63) is 58.7 Å². The number of benzene rings is 2. The monoisotopic (exact) mass is 226 g/mol. The van der Waals surface area contributed by atoms with Gasteiger partial charge in [-0.15, -0.1) is 0 Å². The Balaban J connectivity index is 2.23. The second-order valence-electron chi connectivity index (χ2n) is 4.54. The van der Waals surface area contributed by atoms with E-state index >= 15 is 0 Å². The number of aliphatic hydroxyl groups excluding tert-OH is 1. The van der Waals surface area contributed by atoms with Crippen molar-refractivity contribution < 1.29 is 9.84 Å². The number of hydrogen-bond donors (Lipinski definition) is 1. The van der Waals surface area contributed by atoms with E-state index in [-0.39, 0.29) is 0 Å². The lowest BCUT2D eigenvalue weighted by Gasteiger charge is -2.26. The standard InChI is InChI=1S/C15H14O2/c1-9-7-10(2)15-12(8-9)14(16)11-5-3-4-6-13(11)17-15/h3-8,14,16H,1-2H3. The summed E-state index contributed by atoms with van der Waals surface area (Å²) in [5, 5.41) is 10.4. The molecule has 0 radical (unpaired) electrons. The maximum absolute atomic E-state index is 10.4. The first-order valence-electron chi connectivity index (χ1n) is 5.73. The van der Waals surface area contributed by atoms with Crippen LogP contribution in [0.2, 0.25) is 0 Å². The van der Waals surface area contributed by atoms with E-state index in [9.17, 15) is 5.11 Å². The highest BCUT2D eigenvalue weighted by atomic mass is 16.5. The van der Waals surface area contributed by atoms with E-state index in [4.69, 9.17) is 4.74 Å². The Kier molecular flexibility index (Phi) is 2.20. The molecule has 1 atom stereocenters. The van der Waals surface area contributed by atoms with Gasteiger partial charge in [-0.1, -0.05) is 29.8 Å². The predicted molar refractivity (Wildman–Crippen MR) is 66.5 cm³/mol. The van der Waals surface area contributed by atoms with Crippen molar-refractivity contribution in [2.75, 3.05) is 0 Å². The first-order chi connectivity index (χ1) is 8.16. The van der Waals surface area contributed by atoms with E-state index < -0.39 is 6.10 Å². The molecule has 0 saturated carbocycles. The van der Waals surface area contributed by atoms with Gasteiger partial charge in [-0.2, -0.15) is 0 Å². The van der Waals surface area contributed by atoms with E-state index in [2.05, 4.69) is 6.07 Å². The molecule has 0 fully saturated rings. The molecule has 0 aliphatic carbocycles. The molecule has 2 aromatic rings. The molecule has 86 valence electrons. The molecule has 1 aliphatic heterocycles. The van der Waals surface area contributed by atoms with Crippen molar-refractivity contribution in [1.82, 2.24) is 0 Å². The fraction of sp³-hybridized carbons (Fsp3) is 0.200. The summed E-state index contributed by atoms with van der Waals surface area (Å²) in [5.74, 6) is 1.54. The Morgan fingerprint density at radius 2 is 1.82 bits per heavy atom. The molecule has 2 aromatic carbocycles. The van der Waals surface area contributed by atoms with Crippen LogP contribution in [0.25, 0.3) is 0 Å². The van der Waals surface area contributed by atoms with Crippen LogP contribution in [0.4, 0.5) is 0 Å². The van der Waals surface area contributed by atoms with Gasteiger partial charge in [0.05, 0.1) is 0 Å². The number of aliphatic hydroxyl groups is 1. The number of fused-ring (bicyclic) bond motifs is 2. The minimum absolute atomic E-state index is 0.589. The summed E-state index contributed by atoms with van der Waals surface area (Å²) in [6.45, 7) is 4.03. The van der Waals surface area contributed by atoms with Crippen LogP contribution in [0.15, 0.2) is 36.4 Å². The first kappa shape index (κ1) is 10.4. The molecule has 1 unspecified atom stereocenters. The molecular formula is C15H14O2. The Labute approximate surface area is 100 Å². The second kappa shape index (κ2) is 3.60. The summed E-state index contributed by atoms with van der Waals surface area (Å²) in [6.07, 6.45) is -0.589. The third-order valence-electron chi connectivity index (χ3n) is 3.17. The topological polar surface area (TPSA) is 29.5 Å². The van der Waals surface area contributed by atoms with Crippen LogP contribution in [0.1, 0.15) is 28.4 Å². The van der Waals surface area contributed by atoms with Gasteiger partial charge in [-0.05, 0) is 31.5 Å². The van der Waals surface area contributed by atoms with Crippen LogP contribution < -0.4 is 4.74 Å². The molecule has 2 heteroatoms. The van der Waals surface area contributed by atoms with E-state index in [0.717, 1.165) is 33.8 Å². The van der Waals surface area contributed by atoms with Crippen LogP contribution in [0, 0.1) is 13.8 Å². The molecule has 1 aliphatic rings. The number of para-hydroxylation sites is 1. The van der Waals surface area contributed by atoms with Gasteiger partial charge in [0.2, 0.25) is 0 Å². The van der Waals surface area contributed by atoms with Crippen LogP contribution >= 0.6 is 0 Å². The number of hydrogen-bond acceptors (Lipinski definition) is 2. The second-order valence-corrected chi connectivity index (χ2v) is 4.54. The molecule has 0 bridgehead atoms. The number of aryl methyl sites for hydroxylation is 2. The predicted octanol–water partition coefficient (Wildman–Crippen LogP) is 3.49. The maximum atomic E-state index is 10.4. The third kappa shape index (κ3) is 1.53. The highest BCUT2D eigenvalue weighted by molar-refractivity contribution is 5.55. The zero-order valence-electron chi connectivity index (χ0n) is 9.90. The van der Waals surface area contributed by atoms with E-state index in [1.54, 1.807) is 0 Å². The van der Waals surface area contributed by atoms with Crippen molar-refractivity contribution in [2.45, 2.75) is 20.0 Å². The normalized spacial score (nSPS) is 17.0.